The molecule has 23 heavy (non-hydrogen) atoms. The molecule has 0 radical (unpaired) electrons. The monoisotopic (exact) mass is 328 g/mol. The van der Waals surface area contributed by atoms with E-state index >= 15 is 0 Å². The zero-order valence-corrected chi connectivity index (χ0v) is 13.7. The third-order valence-corrected chi connectivity index (χ3v) is 5.09. The highest BCUT2D eigenvalue weighted by Gasteiger charge is 2.22. The van der Waals surface area contributed by atoms with Gasteiger partial charge in [0.1, 0.15) is 6.33 Å². The van der Waals surface area contributed by atoms with Gasteiger partial charge in [-0.15, -0.1) is 10.2 Å². The number of aromatic nitrogens is 4. The van der Waals surface area contributed by atoms with Crippen molar-refractivity contribution in [1.82, 2.24) is 24.9 Å². The van der Waals surface area contributed by atoms with Crippen LogP contribution in [0, 0.1) is 5.92 Å². The van der Waals surface area contributed by atoms with E-state index in [4.69, 9.17) is 0 Å². The van der Waals surface area contributed by atoms with Crippen LogP contribution in [0.5, 0.6) is 0 Å². The lowest BCUT2D eigenvalue weighted by Crippen LogP contribution is -2.40. The minimum absolute atomic E-state index is 0.646. The number of fused-ring (bicyclic) bond motifs is 1. The van der Waals surface area contributed by atoms with Crippen LogP contribution in [0.1, 0.15) is 18.4 Å². The molecule has 0 unspecified atom stereocenters. The molecule has 0 saturated carbocycles. The van der Waals surface area contributed by atoms with Crippen molar-refractivity contribution >= 4 is 22.8 Å². The number of hydrogen-bond acceptors (Lipinski definition) is 6. The Bertz CT molecular complexity index is 753. The molecule has 0 aliphatic carbocycles. The van der Waals surface area contributed by atoms with Crippen molar-refractivity contribution in [1.29, 1.82) is 0 Å². The Balaban J connectivity index is 1.40. The molecule has 1 atom stereocenters. The highest BCUT2D eigenvalue weighted by Crippen LogP contribution is 2.23. The molecule has 0 spiro atoms. The van der Waals surface area contributed by atoms with Crippen LogP contribution in [0.25, 0.3) is 5.65 Å². The van der Waals surface area contributed by atoms with Crippen molar-refractivity contribution in [2.75, 3.05) is 24.5 Å². The van der Waals surface area contributed by atoms with E-state index in [0.717, 1.165) is 37.6 Å². The third kappa shape index (κ3) is 3.20. The Morgan fingerprint density at radius 2 is 2.39 bits per heavy atom. The average molecular weight is 328 g/mol. The standard InChI is InChI=1S/C16H20N6S/c1-2-13(8-17-9-14-3-7-23-11-14)10-21(5-1)15-16-20-19-12-22(16)6-4-18-15/h3-4,6-7,11-13,17H,1-2,5,8-10H2/t13-/m1/s1. The molecule has 0 amide bonds. The zero-order chi connectivity index (χ0) is 15.5. The number of anilines is 1. The van der Waals surface area contributed by atoms with Crippen molar-refractivity contribution < 1.29 is 0 Å². The molecule has 0 bridgehead atoms. The number of hydrogen-bond donors (Lipinski definition) is 1. The molecule has 7 heteroatoms. The van der Waals surface area contributed by atoms with Gasteiger partial charge in [0.05, 0.1) is 0 Å². The van der Waals surface area contributed by atoms with E-state index in [1.165, 1.54) is 18.4 Å². The Labute approximate surface area is 139 Å². The molecule has 4 heterocycles. The quantitative estimate of drug-likeness (QED) is 0.778. The molecule has 120 valence electrons. The number of thiophene rings is 1. The van der Waals surface area contributed by atoms with Gasteiger partial charge in [0.15, 0.2) is 5.82 Å². The summed E-state index contributed by atoms with van der Waals surface area (Å²) in [6, 6.07) is 2.18. The lowest BCUT2D eigenvalue weighted by atomic mass is 9.98. The van der Waals surface area contributed by atoms with Gasteiger partial charge in [0, 0.05) is 32.0 Å². The Hall–Kier alpha value is -1.99. The molecule has 1 N–H and O–H groups in total. The second-order valence-corrected chi connectivity index (χ2v) is 6.81. The Morgan fingerprint density at radius 1 is 1.39 bits per heavy atom. The predicted octanol–water partition coefficient (Wildman–Crippen LogP) is 2.19. The number of rotatable bonds is 5. The van der Waals surface area contributed by atoms with Gasteiger partial charge in [0.2, 0.25) is 5.65 Å². The molecule has 1 fully saturated rings. The van der Waals surface area contributed by atoms with Crippen LogP contribution >= 0.6 is 11.3 Å². The molecule has 0 aromatic carbocycles. The highest BCUT2D eigenvalue weighted by molar-refractivity contribution is 7.07. The van der Waals surface area contributed by atoms with Gasteiger partial charge in [-0.3, -0.25) is 4.40 Å². The summed E-state index contributed by atoms with van der Waals surface area (Å²) in [5, 5.41) is 16.1. The van der Waals surface area contributed by atoms with Crippen molar-refractivity contribution in [3.05, 3.63) is 41.1 Å². The van der Waals surface area contributed by atoms with Gasteiger partial charge in [-0.2, -0.15) is 11.3 Å². The molecule has 3 aromatic rings. The lowest BCUT2D eigenvalue weighted by Gasteiger charge is -2.33. The summed E-state index contributed by atoms with van der Waals surface area (Å²) in [5.74, 6) is 1.60. The first-order valence-electron chi connectivity index (χ1n) is 8.01. The van der Waals surface area contributed by atoms with Crippen LogP contribution in [0.3, 0.4) is 0 Å². The van der Waals surface area contributed by atoms with E-state index in [2.05, 4.69) is 42.2 Å². The average Bonchev–Trinajstić information content (AvgIpc) is 3.26. The van der Waals surface area contributed by atoms with Crippen LogP contribution < -0.4 is 10.2 Å². The van der Waals surface area contributed by atoms with Crippen LogP contribution in [0.15, 0.2) is 35.5 Å². The van der Waals surface area contributed by atoms with Gasteiger partial charge in [-0.1, -0.05) is 0 Å². The summed E-state index contributed by atoms with van der Waals surface area (Å²) in [6.07, 6.45) is 7.90. The van der Waals surface area contributed by atoms with Gasteiger partial charge >= 0.3 is 0 Å². The second kappa shape index (κ2) is 6.64. The van der Waals surface area contributed by atoms with Gasteiger partial charge in [-0.25, -0.2) is 4.98 Å². The van der Waals surface area contributed by atoms with Crippen LogP contribution in [0.2, 0.25) is 0 Å². The smallest absolute Gasteiger partial charge is 0.203 e. The summed E-state index contributed by atoms with van der Waals surface area (Å²) < 4.78 is 1.93. The van der Waals surface area contributed by atoms with E-state index in [9.17, 15) is 0 Å². The summed E-state index contributed by atoms with van der Waals surface area (Å²) in [6.45, 7) is 4.07. The van der Waals surface area contributed by atoms with E-state index in [0.29, 0.717) is 5.92 Å². The minimum atomic E-state index is 0.646. The van der Waals surface area contributed by atoms with Crippen molar-refractivity contribution in [2.45, 2.75) is 19.4 Å². The fourth-order valence-corrected chi connectivity index (χ4v) is 3.87. The molecule has 1 saturated heterocycles. The molecule has 6 nitrogen and oxygen atoms in total. The molecule has 1 aliphatic heterocycles. The lowest BCUT2D eigenvalue weighted by molar-refractivity contribution is 0.390. The van der Waals surface area contributed by atoms with Crippen LogP contribution in [-0.4, -0.2) is 39.2 Å². The minimum Gasteiger partial charge on any atom is -0.353 e. The van der Waals surface area contributed by atoms with E-state index in [-0.39, 0.29) is 0 Å². The second-order valence-electron chi connectivity index (χ2n) is 6.03. The van der Waals surface area contributed by atoms with Crippen molar-refractivity contribution in [2.24, 2.45) is 5.92 Å². The fraction of sp³-hybridized carbons (Fsp3) is 0.438. The summed E-state index contributed by atoms with van der Waals surface area (Å²) in [7, 11) is 0. The summed E-state index contributed by atoms with van der Waals surface area (Å²) >= 11 is 1.75. The summed E-state index contributed by atoms with van der Waals surface area (Å²) in [5.41, 5.74) is 2.22. The normalized spacial score (nSPS) is 18.6. The van der Waals surface area contributed by atoms with Crippen molar-refractivity contribution in [3.8, 4) is 0 Å². The van der Waals surface area contributed by atoms with Gasteiger partial charge < -0.3 is 10.2 Å². The van der Waals surface area contributed by atoms with Crippen LogP contribution in [0.4, 0.5) is 5.82 Å². The van der Waals surface area contributed by atoms with Crippen molar-refractivity contribution in [3.63, 3.8) is 0 Å². The molecule has 3 aromatic heterocycles. The SMILES string of the molecule is c1cn2cnnc2c(N2CCC[C@H](CNCc3ccsc3)C2)n1. The first kappa shape index (κ1) is 14.6. The summed E-state index contributed by atoms with van der Waals surface area (Å²) in [4.78, 5) is 6.89. The molecular formula is C16H20N6S. The maximum atomic E-state index is 4.54. The first-order valence-corrected chi connectivity index (χ1v) is 8.95. The van der Waals surface area contributed by atoms with E-state index in [1.54, 1.807) is 17.7 Å². The maximum absolute atomic E-state index is 4.54. The van der Waals surface area contributed by atoms with Gasteiger partial charge in [-0.05, 0) is 47.7 Å². The van der Waals surface area contributed by atoms with Gasteiger partial charge in [0.25, 0.3) is 0 Å². The molecular weight excluding hydrogens is 308 g/mol. The first-order chi connectivity index (χ1) is 11.4. The number of nitrogens with one attached hydrogen (secondary N) is 1. The number of nitrogens with zero attached hydrogens (tertiary/aromatic N) is 5. The highest BCUT2D eigenvalue weighted by atomic mass is 32.1. The fourth-order valence-electron chi connectivity index (χ4n) is 3.21. The Morgan fingerprint density at radius 3 is 3.30 bits per heavy atom. The number of piperidine rings is 1. The van der Waals surface area contributed by atoms with E-state index in [1.807, 2.05) is 16.8 Å². The third-order valence-electron chi connectivity index (χ3n) is 4.36. The Kier molecular flexibility index (Phi) is 4.21. The molecule has 4 rings (SSSR count). The predicted molar refractivity (Wildman–Crippen MR) is 91.7 cm³/mol. The molecule has 1 aliphatic rings. The van der Waals surface area contributed by atoms with E-state index < -0.39 is 0 Å². The largest absolute Gasteiger partial charge is 0.353 e. The maximum Gasteiger partial charge on any atom is 0.203 e. The zero-order valence-electron chi connectivity index (χ0n) is 12.9. The van der Waals surface area contributed by atoms with Crippen LogP contribution in [-0.2, 0) is 6.54 Å². The topological polar surface area (TPSA) is 58.4 Å².